The molecule has 0 heterocycles. The van der Waals surface area contributed by atoms with E-state index in [0.29, 0.717) is 10.8 Å². The number of ether oxygens (including phenoxy) is 2. The summed E-state index contributed by atoms with van der Waals surface area (Å²) >= 11 is 5.95. The van der Waals surface area contributed by atoms with Crippen molar-refractivity contribution in [2.24, 2.45) is 5.73 Å². The molecular weight excluding hydrogens is 344 g/mol. The van der Waals surface area contributed by atoms with Gasteiger partial charge in [-0.15, -0.1) is 0 Å². The second kappa shape index (κ2) is 8.39. The lowest BCUT2D eigenvalue weighted by molar-refractivity contribution is -0.123. The minimum Gasteiger partial charge on any atom is -0.497 e. The summed E-state index contributed by atoms with van der Waals surface area (Å²) in [7, 11) is 1.49. The molecular formula is C18H19ClN2O4. The quantitative estimate of drug-likeness (QED) is 0.792. The van der Waals surface area contributed by atoms with Crippen molar-refractivity contribution in [1.29, 1.82) is 0 Å². The van der Waals surface area contributed by atoms with Gasteiger partial charge in [0.05, 0.1) is 18.7 Å². The minimum atomic E-state index is -0.648. The molecule has 1 unspecified atom stereocenters. The van der Waals surface area contributed by atoms with Crippen LogP contribution in [-0.4, -0.2) is 25.5 Å². The normalized spacial score (nSPS) is 11.5. The Hall–Kier alpha value is -2.73. The lowest BCUT2D eigenvalue weighted by atomic mass is 10.1. The van der Waals surface area contributed by atoms with E-state index in [1.54, 1.807) is 18.2 Å². The Labute approximate surface area is 150 Å². The maximum Gasteiger partial charge on any atom is 0.258 e. The van der Waals surface area contributed by atoms with Crippen LogP contribution in [0.25, 0.3) is 0 Å². The van der Waals surface area contributed by atoms with Crippen LogP contribution < -0.4 is 20.5 Å². The monoisotopic (exact) mass is 362 g/mol. The van der Waals surface area contributed by atoms with Crippen LogP contribution in [-0.2, 0) is 4.79 Å². The summed E-state index contributed by atoms with van der Waals surface area (Å²) in [5.74, 6) is -0.304. The Balaban J connectivity index is 2.01. The van der Waals surface area contributed by atoms with Gasteiger partial charge in [0, 0.05) is 11.1 Å². The lowest BCUT2D eigenvalue weighted by Crippen LogP contribution is -2.31. The van der Waals surface area contributed by atoms with Crippen molar-refractivity contribution in [3.8, 4) is 11.5 Å². The summed E-state index contributed by atoms with van der Waals surface area (Å²) in [6.07, 6.45) is 0. The van der Waals surface area contributed by atoms with Crippen molar-refractivity contribution in [1.82, 2.24) is 5.32 Å². The number of rotatable bonds is 7. The van der Waals surface area contributed by atoms with Crippen LogP contribution in [0.1, 0.15) is 28.9 Å². The molecule has 25 heavy (non-hydrogen) atoms. The number of primary amides is 1. The van der Waals surface area contributed by atoms with Gasteiger partial charge in [0.2, 0.25) is 0 Å². The van der Waals surface area contributed by atoms with Gasteiger partial charge in [0.25, 0.3) is 11.8 Å². The number of carbonyl (C=O) groups excluding carboxylic acids is 2. The first-order valence-corrected chi connectivity index (χ1v) is 7.94. The number of benzene rings is 2. The zero-order valence-corrected chi connectivity index (χ0v) is 14.7. The van der Waals surface area contributed by atoms with Gasteiger partial charge in [-0.3, -0.25) is 9.59 Å². The Morgan fingerprint density at radius 2 is 2.00 bits per heavy atom. The van der Waals surface area contributed by atoms with Gasteiger partial charge in [-0.2, -0.15) is 0 Å². The highest BCUT2D eigenvalue weighted by molar-refractivity contribution is 6.30. The maximum absolute atomic E-state index is 12.1. The first-order chi connectivity index (χ1) is 11.9. The molecule has 0 aliphatic carbocycles. The fraction of sp³-hybridized carbons (Fsp3) is 0.222. The molecule has 0 aliphatic rings. The number of amides is 2. The number of hydrogen-bond acceptors (Lipinski definition) is 4. The van der Waals surface area contributed by atoms with Crippen molar-refractivity contribution < 1.29 is 19.1 Å². The molecule has 0 saturated heterocycles. The highest BCUT2D eigenvalue weighted by atomic mass is 35.5. The fourth-order valence-corrected chi connectivity index (χ4v) is 2.44. The van der Waals surface area contributed by atoms with Gasteiger partial charge in [0.1, 0.15) is 11.5 Å². The van der Waals surface area contributed by atoms with Gasteiger partial charge < -0.3 is 20.5 Å². The summed E-state index contributed by atoms with van der Waals surface area (Å²) in [6.45, 7) is 1.57. The molecule has 0 saturated carbocycles. The third-order valence-electron chi connectivity index (χ3n) is 3.54. The van der Waals surface area contributed by atoms with Gasteiger partial charge in [-0.05, 0) is 36.8 Å². The number of hydrogen-bond donors (Lipinski definition) is 2. The Morgan fingerprint density at radius 3 is 2.64 bits per heavy atom. The van der Waals surface area contributed by atoms with Gasteiger partial charge in [-0.25, -0.2) is 0 Å². The molecule has 2 aromatic rings. The van der Waals surface area contributed by atoms with Crippen molar-refractivity contribution >= 4 is 23.4 Å². The van der Waals surface area contributed by atoms with Crippen molar-refractivity contribution in [2.75, 3.05) is 13.7 Å². The second-order valence-electron chi connectivity index (χ2n) is 5.36. The molecule has 0 fully saturated rings. The number of halogens is 1. The number of nitrogens with one attached hydrogen (secondary N) is 1. The fourth-order valence-electron chi connectivity index (χ4n) is 2.24. The van der Waals surface area contributed by atoms with Gasteiger partial charge in [-0.1, -0.05) is 23.7 Å². The minimum absolute atomic E-state index is 0.177. The van der Waals surface area contributed by atoms with E-state index in [0.717, 1.165) is 5.56 Å². The number of carbonyl (C=O) groups is 2. The average molecular weight is 363 g/mol. The summed E-state index contributed by atoms with van der Waals surface area (Å²) < 4.78 is 10.5. The molecule has 2 rings (SSSR count). The first-order valence-electron chi connectivity index (χ1n) is 7.56. The van der Waals surface area contributed by atoms with Crippen LogP contribution in [0, 0.1) is 0 Å². The number of nitrogens with two attached hydrogens (primary N) is 1. The van der Waals surface area contributed by atoms with E-state index in [4.69, 9.17) is 26.8 Å². The average Bonchev–Trinajstić information content (AvgIpc) is 2.59. The van der Waals surface area contributed by atoms with Crippen LogP contribution in [0.15, 0.2) is 42.5 Å². The zero-order chi connectivity index (χ0) is 18.4. The van der Waals surface area contributed by atoms with E-state index in [1.165, 1.54) is 19.2 Å². The van der Waals surface area contributed by atoms with Crippen LogP contribution in [0.3, 0.4) is 0 Å². The highest BCUT2D eigenvalue weighted by Gasteiger charge is 2.14. The third-order valence-corrected chi connectivity index (χ3v) is 3.77. The van der Waals surface area contributed by atoms with E-state index < -0.39 is 5.91 Å². The third kappa shape index (κ3) is 5.12. The van der Waals surface area contributed by atoms with Crippen molar-refractivity contribution in [3.63, 3.8) is 0 Å². The molecule has 0 aromatic heterocycles. The van der Waals surface area contributed by atoms with E-state index >= 15 is 0 Å². The van der Waals surface area contributed by atoms with E-state index in [2.05, 4.69) is 5.32 Å². The Kier molecular flexibility index (Phi) is 6.25. The molecule has 0 bridgehead atoms. The topological polar surface area (TPSA) is 90.7 Å². The Bertz CT molecular complexity index is 779. The summed E-state index contributed by atoms with van der Waals surface area (Å²) in [5, 5.41) is 3.40. The molecule has 6 nitrogen and oxygen atoms in total. The molecule has 0 radical (unpaired) electrons. The lowest BCUT2D eigenvalue weighted by Gasteiger charge is -2.16. The van der Waals surface area contributed by atoms with E-state index in [9.17, 15) is 9.59 Å². The van der Waals surface area contributed by atoms with Crippen molar-refractivity contribution in [3.05, 3.63) is 58.6 Å². The highest BCUT2D eigenvalue weighted by Crippen LogP contribution is 2.24. The first kappa shape index (κ1) is 18.6. The summed E-state index contributed by atoms with van der Waals surface area (Å²) in [4.78, 5) is 23.6. The molecule has 1 atom stereocenters. The predicted octanol–water partition coefficient (Wildman–Crippen LogP) is 2.70. The largest absolute Gasteiger partial charge is 0.497 e. The van der Waals surface area contributed by atoms with E-state index in [1.807, 2.05) is 19.1 Å². The number of methoxy groups -OCH3 is 1. The standard InChI is InChI=1S/C18H19ClN2O4/c1-11(12-4-3-5-13(19)8-12)21-17(22)10-25-16-9-14(24-2)6-7-15(16)18(20)23/h3-9,11H,10H2,1-2H3,(H2,20,23)(H,21,22). The van der Waals surface area contributed by atoms with Crippen LogP contribution in [0.5, 0.6) is 11.5 Å². The zero-order valence-electron chi connectivity index (χ0n) is 13.9. The SMILES string of the molecule is COc1ccc(C(N)=O)c(OCC(=O)NC(C)c2cccc(Cl)c2)c1. The van der Waals surface area contributed by atoms with E-state index in [-0.39, 0.29) is 29.9 Å². The molecule has 132 valence electrons. The van der Waals surface area contributed by atoms with Crippen LogP contribution in [0.2, 0.25) is 5.02 Å². The van der Waals surface area contributed by atoms with Crippen LogP contribution >= 0.6 is 11.6 Å². The maximum atomic E-state index is 12.1. The predicted molar refractivity (Wildman–Crippen MR) is 95.0 cm³/mol. The van der Waals surface area contributed by atoms with Gasteiger partial charge >= 0.3 is 0 Å². The second-order valence-corrected chi connectivity index (χ2v) is 5.80. The Morgan fingerprint density at radius 1 is 1.24 bits per heavy atom. The molecule has 2 amide bonds. The van der Waals surface area contributed by atoms with Crippen molar-refractivity contribution in [2.45, 2.75) is 13.0 Å². The molecule has 2 aromatic carbocycles. The molecule has 0 aliphatic heterocycles. The summed E-state index contributed by atoms with van der Waals surface area (Å²) in [5.41, 5.74) is 6.36. The molecule has 0 spiro atoms. The smallest absolute Gasteiger partial charge is 0.258 e. The molecule has 3 N–H and O–H groups in total. The van der Waals surface area contributed by atoms with Crippen LogP contribution in [0.4, 0.5) is 0 Å². The van der Waals surface area contributed by atoms with Gasteiger partial charge in [0.15, 0.2) is 6.61 Å². The summed E-state index contributed by atoms with van der Waals surface area (Å²) in [6, 6.07) is 11.6. The molecule has 7 heteroatoms.